The summed E-state index contributed by atoms with van der Waals surface area (Å²) in [5.41, 5.74) is 3.80. The first-order valence-corrected chi connectivity index (χ1v) is 11.5. The van der Waals surface area contributed by atoms with Crippen molar-refractivity contribution < 1.29 is 19.4 Å². The minimum atomic E-state index is -0.335. The van der Waals surface area contributed by atoms with Crippen LogP contribution in [0.4, 0.5) is 15.6 Å². The number of hydrogen-bond donors (Lipinski definition) is 1. The van der Waals surface area contributed by atoms with Gasteiger partial charge in [0.2, 0.25) is 0 Å². The largest absolute Gasteiger partial charge is 0.489 e. The number of β-amino-alcohol motifs (C(OH)–C–C–N with tert-alkyl or cyclic N) is 1. The maximum absolute atomic E-state index is 12.5. The zero-order valence-electron chi connectivity index (χ0n) is 17.3. The molecule has 0 spiro atoms. The smallest absolute Gasteiger partial charge is 0.414 e. The summed E-state index contributed by atoms with van der Waals surface area (Å²) in [5, 5.41) is 12.6. The minimum Gasteiger partial charge on any atom is -0.489 e. The first-order chi connectivity index (χ1) is 14.5. The normalized spacial score (nSPS) is 21.6. The van der Waals surface area contributed by atoms with Crippen molar-refractivity contribution in [2.24, 2.45) is 0 Å². The number of aliphatic hydroxyl groups is 1. The Morgan fingerprint density at radius 3 is 2.73 bits per heavy atom. The van der Waals surface area contributed by atoms with E-state index in [-0.39, 0.29) is 24.3 Å². The molecule has 1 saturated carbocycles. The van der Waals surface area contributed by atoms with Crippen molar-refractivity contribution in [1.29, 1.82) is 0 Å². The van der Waals surface area contributed by atoms with Crippen molar-refractivity contribution in [2.75, 3.05) is 30.0 Å². The van der Waals surface area contributed by atoms with Crippen LogP contribution in [0.15, 0.2) is 17.5 Å². The van der Waals surface area contributed by atoms with Crippen molar-refractivity contribution in [1.82, 2.24) is 4.98 Å². The zero-order chi connectivity index (χ0) is 20.8. The zero-order valence-corrected chi connectivity index (χ0v) is 18.2. The number of nitrogens with zero attached hydrogens (tertiary/aromatic N) is 3. The highest BCUT2D eigenvalue weighted by molar-refractivity contribution is 7.14. The van der Waals surface area contributed by atoms with Crippen molar-refractivity contribution in [3.8, 4) is 17.0 Å². The number of benzene rings is 1. The molecule has 1 N–H and O–H groups in total. The molecule has 160 valence electrons. The highest BCUT2D eigenvalue weighted by Gasteiger charge is 2.34. The van der Waals surface area contributed by atoms with Crippen LogP contribution >= 0.6 is 11.3 Å². The molecule has 30 heavy (non-hydrogen) atoms. The third-order valence-corrected chi connectivity index (χ3v) is 7.26. The standard InChI is InChI=1S/C22H27N3O4S/c1-13-6-7-17-19(25(13)22(27)28-2)9-8-16(20(17)29-15-4-3-5-15)18-12-30-21(23-18)24-10-14(26)11-24/h8-9,12-15,26H,3-7,10-11H2,1-2H3/t13-/m0/s1. The van der Waals surface area contributed by atoms with Gasteiger partial charge in [-0.2, -0.15) is 0 Å². The summed E-state index contributed by atoms with van der Waals surface area (Å²) < 4.78 is 11.5. The van der Waals surface area contributed by atoms with Crippen LogP contribution in [0.3, 0.4) is 0 Å². The minimum absolute atomic E-state index is 0.0797. The second-order valence-electron chi connectivity index (χ2n) is 8.41. The van der Waals surface area contributed by atoms with Crippen LogP contribution in [0.5, 0.6) is 5.75 Å². The molecule has 0 unspecified atom stereocenters. The number of ether oxygens (including phenoxy) is 2. The van der Waals surface area contributed by atoms with E-state index in [1.165, 1.54) is 13.5 Å². The Bertz CT molecular complexity index is 952. The summed E-state index contributed by atoms with van der Waals surface area (Å²) in [7, 11) is 1.42. The number of fused-ring (bicyclic) bond motifs is 1. The SMILES string of the molecule is COC(=O)N1c2ccc(-c3csc(N4CC(O)C4)n3)c(OC3CCC3)c2CC[C@@H]1C. The number of carbonyl (C=O) groups excluding carboxylic acids is 1. The van der Waals surface area contributed by atoms with E-state index >= 15 is 0 Å². The van der Waals surface area contributed by atoms with Gasteiger partial charge in [-0.1, -0.05) is 0 Å². The second-order valence-corrected chi connectivity index (χ2v) is 9.25. The van der Waals surface area contributed by atoms with Crippen LogP contribution in [-0.4, -0.2) is 54.6 Å². The first kappa shape index (κ1) is 19.6. The summed E-state index contributed by atoms with van der Waals surface area (Å²) in [6.07, 6.45) is 4.67. The van der Waals surface area contributed by atoms with Crippen molar-refractivity contribution in [3.63, 3.8) is 0 Å². The van der Waals surface area contributed by atoms with E-state index in [1.54, 1.807) is 16.2 Å². The Morgan fingerprint density at radius 2 is 2.07 bits per heavy atom. The number of methoxy groups -OCH3 is 1. The Hall–Kier alpha value is -2.32. The fourth-order valence-electron chi connectivity index (χ4n) is 4.32. The van der Waals surface area contributed by atoms with Gasteiger partial charge in [0.15, 0.2) is 5.13 Å². The molecule has 1 aromatic heterocycles. The summed E-state index contributed by atoms with van der Waals surface area (Å²) in [6.45, 7) is 3.32. The molecular formula is C22H27N3O4S. The number of carbonyl (C=O) groups is 1. The van der Waals surface area contributed by atoms with Crippen LogP contribution in [-0.2, 0) is 11.2 Å². The van der Waals surface area contributed by atoms with Gasteiger partial charge in [-0.15, -0.1) is 11.3 Å². The molecule has 1 atom stereocenters. The molecule has 7 nitrogen and oxygen atoms in total. The van der Waals surface area contributed by atoms with Crippen LogP contribution in [0.2, 0.25) is 0 Å². The maximum atomic E-state index is 12.5. The van der Waals surface area contributed by atoms with Gasteiger partial charge >= 0.3 is 6.09 Å². The molecule has 1 saturated heterocycles. The fourth-order valence-corrected chi connectivity index (χ4v) is 5.16. The van der Waals surface area contributed by atoms with Gasteiger partial charge in [0.1, 0.15) is 5.75 Å². The first-order valence-electron chi connectivity index (χ1n) is 10.6. The monoisotopic (exact) mass is 429 g/mol. The molecule has 5 rings (SSSR count). The Labute approximate surface area is 180 Å². The lowest BCUT2D eigenvalue weighted by Crippen LogP contribution is -2.50. The number of rotatable bonds is 4. The predicted octanol–water partition coefficient (Wildman–Crippen LogP) is 3.83. The van der Waals surface area contributed by atoms with Gasteiger partial charge in [0, 0.05) is 35.6 Å². The quantitative estimate of drug-likeness (QED) is 0.796. The van der Waals surface area contributed by atoms with Gasteiger partial charge < -0.3 is 19.5 Å². The molecule has 1 amide bonds. The van der Waals surface area contributed by atoms with E-state index in [1.807, 2.05) is 12.1 Å². The molecule has 8 heteroatoms. The van der Waals surface area contributed by atoms with Crippen molar-refractivity contribution in [2.45, 2.75) is 57.3 Å². The van der Waals surface area contributed by atoms with Crippen molar-refractivity contribution in [3.05, 3.63) is 23.1 Å². The third-order valence-electron chi connectivity index (χ3n) is 6.36. The molecule has 3 heterocycles. The molecule has 2 aliphatic heterocycles. The summed E-state index contributed by atoms with van der Waals surface area (Å²) in [5.74, 6) is 0.860. The molecule has 0 bridgehead atoms. The molecule has 2 fully saturated rings. The molecule has 0 radical (unpaired) electrons. The lowest BCUT2D eigenvalue weighted by Gasteiger charge is -2.37. The van der Waals surface area contributed by atoms with E-state index in [4.69, 9.17) is 14.5 Å². The molecule has 1 aromatic carbocycles. The maximum Gasteiger partial charge on any atom is 0.414 e. The van der Waals surface area contributed by atoms with Gasteiger partial charge in [0.25, 0.3) is 0 Å². The average molecular weight is 430 g/mol. The predicted molar refractivity (Wildman–Crippen MR) is 117 cm³/mol. The van der Waals surface area contributed by atoms with Gasteiger partial charge in [-0.25, -0.2) is 9.78 Å². The number of aliphatic hydroxyl groups excluding tert-OH is 1. The highest BCUT2D eigenvalue weighted by Crippen LogP contribution is 2.45. The summed E-state index contributed by atoms with van der Waals surface area (Å²) in [6, 6.07) is 4.10. The van der Waals surface area contributed by atoms with E-state index in [9.17, 15) is 9.90 Å². The Morgan fingerprint density at radius 1 is 1.27 bits per heavy atom. The third kappa shape index (κ3) is 3.32. The lowest BCUT2D eigenvalue weighted by molar-refractivity contribution is 0.119. The fraction of sp³-hybridized carbons (Fsp3) is 0.545. The van der Waals surface area contributed by atoms with E-state index < -0.39 is 0 Å². The number of amides is 1. The van der Waals surface area contributed by atoms with E-state index in [0.29, 0.717) is 13.1 Å². The number of anilines is 2. The Balaban J connectivity index is 1.55. The van der Waals surface area contributed by atoms with E-state index in [2.05, 4.69) is 17.2 Å². The summed E-state index contributed by atoms with van der Waals surface area (Å²) >= 11 is 1.59. The van der Waals surface area contributed by atoms with Crippen LogP contribution in [0.25, 0.3) is 11.3 Å². The van der Waals surface area contributed by atoms with Crippen LogP contribution < -0.4 is 14.5 Å². The van der Waals surface area contributed by atoms with Gasteiger partial charge in [-0.05, 0) is 51.2 Å². The second kappa shape index (κ2) is 7.74. The average Bonchev–Trinajstić information content (AvgIpc) is 3.16. The molecule has 1 aliphatic carbocycles. The van der Waals surface area contributed by atoms with Crippen LogP contribution in [0, 0.1) is 0 Å². The number of thiazole rings is 1. The topological polar surface area (TPSA) is 75.1 Å². The highest BCUT2D eigenvalue weighted by atomic mass is 32.1. The van der Waals surface area contributed by atoms with Gasteiger partial charge in [-0.3, -0.25) is 4.90 Å². The summed E-state index contributed by atoms with van der Waals surface area (Å²) in [4.78, 5) is 21.1. The lowest BCUT2D eigenvalue weighted by atomic mass is 9.92. The molecule has 2 aromatic rings. The van der Waals surface area contributed by atoms with E-state index in [0.717, 1.165) is 59.1 Å². The van der Waals surface area contributed by atoms with Crippen molar-refractivity contribution >= 4 is 28.2 Å². The Kier molecular flexibility index (Phi) is 5.06. The van der Waals surface area contributed by atoms with Crippen LogP contribution in [0.1, 0.15) is 38.2 Å². The number of aromatic nitrogens is 1. The number of hydrogen-bond acceptors (Lipinski definition) is 7. The molecule has 3 aliphatic rings. The van der Waals surface area contributed by atoms with Gasteiger partial charge in [0.05, 0.1) is 30.7 Å². The molecular weight excluding hydrogens is 402 g/mol.